The summed E-state index contributed by atoms with van der Waals surface area (Å²) in [6.45, 7) is 12.2. The van der Waals surface area contributed by atoms with Crippen LogP contribution in [0.25, 0.3) is 33.4 Å². The maximum absolute atomic E-state index is 11.7. The molecule has 0 spiro atoms. The fraction of sp³-hybridized carbons (Fsp3) is 0.279. The van der Waals surface area contributed by atoms with Gasteiger partial charge in [-0.3, -0.25) is 0 Å². The van der Waals surface area contributed by atoms with Crippen LogP contribution >= 0.6 is 33.8 Å². The third kappa shape index (κ3) is 8.38. The zero-order chi connectivity index (χ0) is 36.3. The monoisotopic (exact) mass is 750 g/mol. The van der Waals surface area contributed by atoms with Gasteiger partial charge in [0.15, 0.2) is 11.9 Å². The van der Waals surface area contributed by atoms with E-state index in [1.807, 2.05) is 29.6 Å². The molecule has 0 radical (unpaired) electrons. The van der Waals surface area contributed by atoms with E-state index in [1.54, 1.807) is 0 Å². The lowest BCUT2D eigenvalue weighted by Gasteiger charge is -2.35. The molecule has 0 saturated heterocycles. The minimum Gasteiger partial charge on any atom is -0.456 e. The van der Waals surface area contributed by atoms with Crippen LogP contribution in [-0.4, -0.2) is 49.2 Å². The maximum Gasteiger partial charge on any atom is 0.203 e. The smallest absolute Gasteiger partial charge is 0.203 e. The lowest BCUT2D eigenvalue weighted by Crippen LogP contribution is -2.31. The highest BCUT2D eigenvalue weighted by Gasteiger charge is 2.31. The molecule has 270 valence electrons. The lowest BCUT2D eigenvalue weighted by atomic mass is 9.93. The van der Waals surface area contributed by atoms with Gasteiger partial charge in [-0.05, 0) is 78.3 Å². The van der Waals surface area contributed by atoms with Gasteiger partial charge >= 0.3 is 0 Å². The Kier molecular flexibility index (Phi) is 13.0. The molecule has 4 aromatic rings. The van der Waals surface area contributed by atoms with Gasteiger partial charge in [-0.2, -0.15) is 0 Å². The van der Waals surface area contributed by atoms with Crippen molar-refractivity contribution in [2.45, 2.75) is 42.4 Å². The van der Waals surface area contributed by atoms with Gasteiger partial charge in [-0.25, -0.2) is 4.58 Å². The quantitative estimate of drug-likeness (QED) is 0.0304. The average Bonchev–Trinajstić information content (AvgIpc) is 3.20. The predicted molar refractivity (Wildman–Crippen MR) is 225 cm³/mol. The summed E-state index contributed by atoms with van der Waals surface area (Å²) >= 11 is 3.75. The largest absolute Gasteiger partial charge is 0.456 e. The third-order valence-electron chi connectivity index (χ3n) is 9.59. The van der Waals surface area contributed by atoms with Crippen molar-refractivity contribution in [3.63, 3.8) is 0 Å². The van der Waals surface area contributed by atoms with Crippen LogP contribution in [0, 0.1) is 4.91 Å². The van der Waals surface area contributed by atoms with E-state index >= 15 is 0 Å². The summed E-state index contributed by atoms with van der Waals surface area (Å²) < 4.78 is 15.1. The fourth-order valence-electron chi connectivity index (χ4n) is 6.79. The maximum atomic E-state index is 11.7. The zero-order valence-corrected chi connectivity index (χ0v) is 32.9. The topological polar surface area (TPSA) is 58.0 Å². The Labute approximate surface area is 318 Å². The summed E-state index contributed by atoms with van der Waals surface area (Å²) in [5.41, 5.74) is 5.12. The van der Waals surface area contributed by atoms with Gasteiger partial charge in [0.1, 0.15) is 17.9 Å². The molecule has 0 bridgehead atoms. The minimum atomic E-state index is -1.97. The second-order valence-electron chi connectivity index (χ2n) is 12.4. The van der Waals surface area contributed by atoms with Gasteiger partial charge in [0.05, 0.1) is 11.8 Å². The van der Waals surface area contributed by atoms with Crippen molar-refractivity contribution < 1.29 is 8.70 Å². The first-order valence-electron chi connectivity index (χ1n) is 18.1. The Bertz CT molecular complexity index is 2120. The van der Waals surface area contributed by atoms with Crippen LogP contribution in [0.5, 0.6) is 0 Å². The molecule has 4 aromatic carbocycles. The SMILES string of the molecule is CCN(CCSc1ccccc1)c1ccc2c(-c3ccccc3S(CC)(CC)ON=O)c3ccc(=[N+](CC)CCSc4ccccc4)cc-3oc2c1. The molecule has 0 amide bonds. The van der Waals surface area contributed by atoms with Gasteiger partial charge in [0, 0.05) is 79.4 Å². The summed E-state index contributed by atoms with van der Waals surface area (Å²) in [4.78, 5) is 17.7. The lowest BCUT2D eigenvalue weighted by molar-refractivity contribution is 0.377. The first-order chi connectivity index (χ1) is 25.5. The molecule has 0 aromatic heterocycles. The normalized spacial score (nSPS) is 12.5. The highest BCUT2D eigenvalue weighted by Crippen LogP contribution is 2.60. The molecule has 2 aliphatic rings. The third-order valence-corrected chi connectivity index (χ3v) is 14.9. The summed E-state index contributed by atoms with van der Waals surface area (Å²) in [5.74, 6) is 4.16. The Morgan fingerprint density at radius 1 is 0.750 bits per heavy atom. The molecule has 6 nitrogen and oxygen atoms in total. The Morgan fingerprint density at radius 2 is 1.42 bits per heavy atom. The van der Waals surface area contributed by atoms with E-state index in [1.165, 1.54) is 9.79 Å². The predicted octanol–water partition coefficient (Wildman–Crippen LogP) is 11.2. The molecule has 0 atom stereocenters. The zero-order valence-electron chi connectivity index (χ0n) is 30.5. The van der Waals surface area contributed by atoms with Gasteiger partial charge < -0.3 is 13.6 Å². The number of nitrogens with zero attached hydrogens (tertiary/aromatic N) is 3. The van der Waals surface area contributed by atoms with E-state index < -0.39 is 10.3 Å². The summed E-state index contributed by atoms with van der Waals surface area (Å²) in [7, 11) is -1.97. The Balaban J connectivity index is 1.48. The summed E-state index contributed by atoms with van der Waals surface area (Å²) in [6, 6.07) is 42.7. The molecule has 1 heterocycles. The molecule has 52 heavy (non-hydrogen) atoms. The van der Waals surface area contributed by atoms with E-state index in [0.29, 0.717) is 11.5 Å². The molecular weight excluding hydrogens is 703 g/mol. The Hall–Kier alpha value is -4.18. The summed E-state index contributed by atoms with van der Waals surface area (Å²) in [5, 5.41) is 5.16. The molecular formula is C43H48N3O3S3+. The van der Waals surface area contributed by atoms with E-state index in [9.17, 15) is 4.91 Å². The molecule has 0 N–H and O–H groups in total. The van der Waals surface area contributed by atoms with Crippen molar-refractivity contribution in [3.8, 4) is 22.5 Å². The van der Waals surface area contributed by atoms with E-state index in [0.717, 1.165) is 87.0 Å². The van der Waals surface area contributed by atoms with E-state index in [4.69, 9.17) is 8.70 Å². The van der Waals surface area contributed by atoms with Crippen LogP contribution < -0.4 is 14.8 Å². The second-order valence-corrected chi connectivity index (χ2v) is 18.1. The van der Waals surface area contributed by atoms with Crippen molar-refractivity contribution in [2.75, 3.05) is 54.1 Å². The first-order valence-corrected chi connectivity index (χ1v) is 22.0. The van der Waals surface area contributed by atoms with Crippen LogP contribution in [0.3, 0.4) is 0 Å². The number of hydrogen-bond donors (Lipinski definition) is 0. The van der Waals surface area contributed by atoms with Crippen molar-refractivity contribution in [1.29, 1.82) is 0 Å². The highest BCUT2D eigenvalue weighted by molar-refractivity contribution is 8.29. The van der Waals surface area contributed by atoms with E-state index in [-0.39, 0.29) is 0 Å². The van der Waals surface area contributed by atoms with Crippen molar-refractivity contribution in [3.05, 3.63) is 132 Å². The van der Waals surface area contributed by atoms with Gasteiger partial charge in [0.25, 0.3) is 0 Å². The van der Waals surface area contributed by atoms with Gasteiger partial charge in [-0.15, -0.1) is 28.4 Å². The molecule has 9 heteroatoms. The molecule has 0 saturated carbocycles. The van der Waals surface area contributed by atoms with Crippen molar-refractivity contribution >= 4 is 50.5 Å². The Morgan fingerprint density at radius 3 is 2.08 bits per heavy atom. The van der Waals surface area contributed by atoms with Crippen LogP contribution in [0.1, 0.15) is 27.7 Å². The van der Waals surface area contributed by atoms with Crippen LogP contribution in [0.4, 0.5) is 5.69 Å². The number of thioether (sulfide) groups is 2. The number of benzene rings is 5. The molecule has 0 unspecified atom stereocenters. The fourth-order valence-corrected chi connectivity index (χ4v) is 10.9. The average molecular weight is 751 g/mol. The standard InChI is InChI=1S/C43H48N3O3S3/c1-5-45(27-29-50-35-17-11-9-12-18-35)33-23-25-37-40(31-33)48-41-32-34(46(6-2)28-30-51-36-19-13-10-14-20-36)24-26-38(41)43(37)39-21-15-16-22-42(39)52(7-3,8-4)49-44-47/h9-26,31-32H,5-8,27-30H2,1-4H3/q+1. The second kappa shape index (κ2) is 18.0. The number of rotatable bonds is 17. The first kappa shape index (κ1) is 37.6. The molecule has 1 aliphatic carbocycles. The molecule has 0 fully saturated rings. The molecule has 6 rings (SSSR count). The van der Waals surface area contributed by atoms with Crippen molar-refractivity contribution in [1.82, 2.24) is 4.58 Å². The van der Waals surface area contributed by atoms with Gasteiger partial charge in [-0.1, -0.05) is 68.4 Å². The van der Waals surface area contributed by atoms with Crippen LogP contribution in [-0.2, 0) is 4.28 Å². The minimum absolute atomic E-state index is 0.687. The van der Waals surface area contributed by atoms with E-state index in [2.05, 4.69) is 158 Å². The highest BCUT2D eigenvalue weighted by atomic mass is 32.3. The number of hydrogen-bond acceptors (Lipinski definition) is 7. The number of fused-ring (bicyclic) bond motifs is 2. The van der Waals surface area contributed by atoms with Gasteiger partial charge in [0.2, 0.25) is 5.36 Å². The molecule has 1 aliphatic heterocycles. The summed E-state index contributed by atoms with van der Waals surface area (Å²) in [6.07, 6.45) is 0. The number of anilines is 1. The van der Waals surface area contributed by atoms with Crippen LogP contribution in [0.15, 0.2) is 146 Å². The van der Waals surface area contributed by atoms with Crippen LogP contribution in [0.2, 0.25) is 0 Å². The van der Waals surface area contributed by atoms with Crippen molar-refractivity contribution in [2.24, 2.45) is 5.34 Å².